The highest BCUT2D eigenvalue weighted by atomic mass is 32.2. The Bertz CT molecular complexity index is 1360. The zero-order valence-corrected chi connectivity index (χ0v) is 22.4. The van der Waals surface area contributed by atoms with E-state index in [-0.39, 0.29) is 5.24 Å². The molecule has 3 heterocycles. The lowest BCUT2D eigenvalue weighted by Gasteiger charge is -2.38. The molecule has 10 heteroatoms. The molecule has 4 rings (SSSR count). The second-order valence-electron chi connectivity index (χ2n) is 8.38. The highest BCUT2D eigenvalue weighted by Gasteiger charge is 2.27. The Morgan fingerprint density at radius 1 is 1.16 bits per heavy atom. The van der Waals surface area contributed by atoms with Crippen LogP contribution in [0.3, 0.4) is 0 Å². The number of thiophene rings is 2. The Labute approximate surface area is 227 Å². The summed E-state index contributed by atoms with van der Waals surface area (Å²) in [5.74, 6) is 5.91. The summed E-state index contributed by atoms with van der Waals surface area (Å²) in [7, 11) is 0. The summed E-state index contributed by atoms with van der Waals surface area (Å²) < 4.78 is 0. The minimum absolute atomic E-state index is 0.0211. The maximum Gasteiger partial charge on any atom is 0.345 e. The lowest BCUT2D eigenvalue weighted by Crippen LogP contribution is -2.51. The molecule has 1 aromatic carbocycles. The number of nitrogens with zero attached hydrogens (tertiary/aromatic N) is 3. The number of carboxylic acids is 1. The summed E-state index contributed by atoms with van der Waals surface area (Å²) >= 11 is 3.88. The molecule has 0 unspecified atom stereocenters. The van der Waals surface area contributed by atoms with Gasteiger partial charge in [0.1, 0.15) is 15.8 Å². The van der Waals surface area contributed by atoms with E-state index >= 15 is 0 Å². The molecule has 1 aliphatic rings. The second kappa shape index (κ2) is 12.9. The van der Waals surface area contributed by atoms with Crippen molar-refractivity contribution < 1.29 is 19.8 Å². The summed E-state index contributed by atoms with van der Waals surface area (Å²) in [4.78, 5) is 25.5. The van der Waals surface area contributed by atoms with Crippen molar-refractivity contribution in [3.63, 3.8) is 0 Å². The number of hydrogen-bond acceptors (Lipinski definition) is 8. The first-order valence-electron chi connectivity index (χ1n) is 11.7. The Morgan fingerprint density at radius 3 is 2.81 bits per heavy atom. The van der Waals surface area contributed by atoms with Gasteiger partial charge in [-0.05, 0) is 54.1 Å². The monoisotopic (exact) mass is 551 g/mol. The minimum atomic E-state index is -0.940. The first-order chi connectivity index (χ1) is 17.9. The number of hydrazine groups is 1. The zero-order valence-electron chi connectivity index (χ0n) is 19.9. The number of aromatic carboxylic acids is 1. The number of aliphatic hydroxyl groups excluding tert-OH is 1. The van der Waals surface area contributed by atoms with Gasteiger partial charge in [-0.2, -0.15) is 5.26 Å². The highest BCUT2D eigenvalue weighted by Crippen LogP contribution is 2.22. The fraction of sp³-hybridized carbons (Fsp3) is 0.296. The Balaban J connectivity index is 1.31. The maximum atomic E-state index is 12.6. The van der Waals surface area contributed by atoms with Crippen LogP contribution >= 0.6 is 34.4 Å². The molecule has 0 aliphatic carbocycles. The van der Waals surface area contributed by atoms with Crippen LogP contribution in [0.1, 0.15) is 42.5 Å². The van der Waals surface area contributed by atoms with E-state index in [9.17, 15) is 14.7 Å². The van der Waals surface area contributed by atoms with E-state index in [1.807, 2.05) is 40.7 Å². The molecule has 190 valence electrons. The Morgan fingerprint density at radius 2 is 2.03 bits per heavy atom. The van der Waals surface area contributed by atoms with Crippen molar-refractivity contribution in [1.82, 2.24) is 10.0 Å². The summed E-state index contributed by atoms with van der Waals surface area (Å²) in [6, 6.07) is 15.1. The molecule has 1 atom stereocenters. The van der Waals surface area contributed by atoms with Gasteiger partial charge in [0.2, 0.25) is 0 Å². The van der Waals surface area contributed by atoms with Gasteiger partial charge in [-0.3, -0.25) is 9.80 Å². The number of carbonyl (C=O) groups excluding carboxylic acids is 1. The van der Waals surface area contributed by atoms with Crippen LogP contribution < -0.4 is 0 Å². The molecule has 0 bridgehead atoms. The molecule has 0 spiro atoms. The van der Waals surface area contributed by atoms with Crippen molar-refractivity contribution >= 4 is 45.6 Å². The van der Waals surface area contributed by atoms with E-state index in [4.69, 9.17) is 10.4 Å². The van der Waals surface area contributed by atoms with Gasteiger partial charge < -0.3 is 10.2 Å². The van der Waals surface area contributed by atoms with Crippen LogP contribution in [0.15, 0.2) is 47.8 Å². The van der Waals surface area contributed by atoms with Crippen LogP contribution in [0, 0.1) is 23.2 Å². The lowest BCUT2D eigenvalue weighted by atomic mass is 10.0. The quantitative estimate of drug-likeness (QED) is 0.372. The topological polar surface area (TPSA) is 105 Å². The third-order valence-corrected chi connectivity index (χ3v) is 8.59. The first kappa shape index (κ1) is 26.9. The van der Waals surface area contributed by atoms with E-state index < -0.39 is 12.1 Å². The highest BCUT2D eigenvalue weighted by molar-refractivity contribution is 8.13. The van der Waals surface area contributed by atoms with E-state index in [0.29, 0.717) is 54.4 Å². The molecule has 0 radical (unpaired) electrons. The third kappa shape index (κ3) is 7.45. The number of aliphatic hydroxyl groups is 1. The van der Waals surface area contributed by atoms with Crippen LogP contribution in [-0.4, -0.2) is 62.9 Å². The van der Waals surface area contributed by atoms with E-state index in [1.54, 1.807) is 17.1 Å². The normalized spacial score (nSPS) is 14.6. The summed E-state index contributed by atoms with van der Waals surface area (Å²) in [5.41, 5.74) is 2.52. The van der Waals surface area contributed by atoms with Crippen molar-refractivity contribution in [3.8, 4) is 17.9 Å². The average molecular weight is 552 g/mol. The summed E-state index contributed by atoms with van der Waals surface area (Å²) in [5, 5.41) is 34.5. The van der Waals surface area contributed by atoms with Crippen molar-refractivity contribution in [2.45, 2.75) is 25.4 Å². The maximum absolute atomic E-state index is 12.6. The Kier molecular flexibility index (Phi) is 9.40. The van der Waals surface area contributed by atoms with Crippen LogP contribution in [-0.2, 0) is 12.8 Å². The van der Waals surface area contributed by atoms with Gasteiger partial charge in [0, 0.05) is 42.2 Å². The van der Waals surface area contributed by atoms with Crippen molar-refractivity contribution in [1.29, 1.82) is 5.26 Å². The van der Waals surface area contributed by atoms with Gasteiger partial charge in [0.15, 0.2) is 0 Å². The zero-order chi connectivity index (χ0) is 26.2. The number of benzene rings is 1. The molecule has 37 heavy (non-hydrogen) atoms. The van der Waals surface area contributed by atoms with Crippen molar-refractivity contribution in [2.24, 2.45) is 0 Å². The number of nitriles is 1. The second-order valence-corrected chi connectivity index (χ2v) is 11.5. The van der Waals surface area contributed by atoms with Crippen molar-refractivity contribution in [2.75, 3.05) is 25.4 Å². The number of carboxylic acid groups (broad SMARTS) is 1. The summed E-state index contributed by atoms with van der Waals surface area (Å²) in [6.45, 7) is 1.74. The number of amides is 1. The van der Waals surface area contributed by atoms with Gasteiger partial charge in [0.25, 0.3) is 5.24 Å². The molecular weight excluding hydrogens is 527 g/mol. The number of hydrogen-bond donors (Lipinski definition) is 2. The molecule has 1 amide bonds. The third-order valence-electron chi connectivity index (χ3n) is 5.80. The number of thioether (sulfide) groups is 1. The SMILES string of the molecule is N#Cc1sccc1C#Cc1cccc(C[C@H](O)CCN2CCSC(=O)N2CCc2ccc(C(=O)O)s2)c1. The molecule has 0 saturated carbocycles. The van der Waals surface area contributed by atoms with E-state index in [1.165, 1.54) is 34.4 Å². The molecular formula is C27H25N3O4S3. The lowest BCUT2D eigenvalue weighted by molar-refractivity contribution is 0.0148. The van der Waals surface area contributed by atoms with Crippen LogP contribution in [0.2, 0.25) is 0 Å². The smallest absolute Gasteiger partial charge is 0.345 e. The van der Waals surface area contributed by atoms with E-state index in [2.05, 4.69) is 17.9 Å². The predicted octanol–water partition coefficient (Wildman–Crippen LogP) is 4.70. The molecule has 2 aromatic heterocycles. The van der Waals surface area contributed by atoms with Gasteiger partial charge in [0.05, 0.1) is 11.7 Å². The number of carbonyl (C=O) groups is 2. The predicted molar refractivity (Wildman–Crippen MR) is 147 cm³/mol. The first-order valence-corrected chi connectivity index (χ1v) is 14.4. The standard InChI is InChI=1S/C27H25N3O4S3/c28-18-25-21(10-14-35-25)5-4-19-2-1-3-20(16-19)17-22(31)8-11-29-13-15-36-27(34)30(29)12-9-23-6-7-24(37-23)26(32)33/h1-3,6-7,10,14,16,22,31H,8-9,11-13,15,17H2,(H,32,33)/t22-/m1/s1. The summed E-state index contributed by atoms with van der Waals surface area (Å²) in [6.07, 6.45) is 0.985. The number of rotatable bonds is 9. The molecule has 1 aliphatic heterocycles. The fourth-order valence-corrected chi connectivity index (χ4v) is 6.25. The van der Waals surface area contributed by atoms with Crippen molar-refractivity contribution in [3.05, 3.63) is 79.2 Å². The molecule has 1 saturated heterocycles. The van der Waals surface area contributed by atoms with Gasteiger partial charge in [-0.25, -0.2) is 9.80 Å². The van der Waals surface area contributed by atoms with Crippen LogP contribution in [0.5, 0.6) is 0 Å². The molecule has 1 fully saturated rings. The van der Waals surface area contributed by atoms with Crippen LogP contribution in [0.25, 0.3) is 0 Å². The average Bonchev–Trinajstić information content (AvgIpc) is 3.55. The van der Waals surface area contributed by atoms with Crippen LogP contribution in [0.4, 0.5) is 4.79 Å². The fourth-order valence-electron chi connectivity index (χ4n) is 3.94. The molecule has 3 aromatic rings. The van der Waals surface area contributed by atoms with E-state index in [0.717, 1.165) is 21.6 Å². The van der Waals surface area contributed by atoms with Gasteiger partial charge >= 0.3 is 5.97 Å². The van der Waals surface area contributed by atoms with Gasteiger partial charge in [-0.1, -0.05) is 35.7 Å². The largest absolute Gasteiger partial charge is 0.477 e. The Hall–Kier alpha value is -3.12. The molecule has 2 N–H and O–H groups in total. The molecule has 7 nitrogen and oxygen atoms in total. The minimum Gasteiger partial charge on any atom is -0.477 e. The van der Waals surface area contributed by atoms with Gasteiger partial charge in [-0.15, -0.1) is 22.7 Å².